The van der Waals surface area contributed by atoms with Gasteiger partial charge in [-0.2, -0.15) is 4.31 Å². The summed E-state index contributed by atoms with van der Waals surface area (Å²) in [6.07, 6.45) is 1.58. The van der Waals surface area contributed by atoms with Gasteiger partial charge in [-0.1, -0.05) is 0 Å². The second-order valence-corrected chi connectivity index (χ2v) is 6.59. The molecule has 0 aliphatic carbocycles. The first-order valence-electron chi connectivity index (χ1n) is 5.84. The van der Waals surface area contributed by atoms with E-state index in [1.165, 1.54) is 0 Å². The molecule has 2 fully saturated rings. The average molecular weight is 248 g/mol. The third kappa shape index (κ3) is 2.40. The summed E-state index contributed by atoms with van der Waals surface area (Å²) in [5.41, 5.74) is 0. The molecule has 5 nitrogen and oxygen atoms in total. The fraction of sp³-hybridized carbons (Fsp3) is 1.00. The van der Waals surface area contributed by atoms with Gasteiger partial charge in [-0.3, -0.25) is 0 Å². The zero-order valence-electron chi connectivity index (χ0n) is 9.68. The lowest BCUT2D eigenvalue weighted by Gasteiger charge is -2.22. The highest BCUT2D eigenvalue weighted by molar-refractivity contribution is 7.89. The van der Waals surface area contributed by atoms with Crippen molar-refractivity contribution in [3.05, 3.63) is 0 Å². The molecule has 2 atom stereocenters. The maximum Gasteiger partial charge on any atom is 0.214 e. The first-order valence-corrected chi connectivity index (χ1v) is 7.45. The van der Waals surface area contributed by atoms with Crippen LogP contribution in [-0.4, -0.2) is 57.9 Å². The van der Waals surface area contributed by atoms with Gasteiger partial charge in [0.1, 0.15) is 0 Å². The molecule has 6 heteroatoms. The van der Waals surface area contributed by atoms with E-state index in [1.807, 2.05) is 0 Å². The Morgan fingerprint density at radius 3 is 3.00 bits per heavy atom. The van der Waals surface area contributed by atoms with Crippen LogP contribution >= 0.6 is 0 Å². The van der Waals surface area contributed by atoms with E-state index < -0.39 is 10.0 Å². The largest absolute Gasteiger partial charge is 0.385 e. The van der Waals surface area contributed by atoms with Crippen LogP contribution in [0.15, 0.2) is 0 Å². The third-order valence-corrected chi connectivity index (χ3v) is 5.47. The molecule has 0 radical (unpaired) electrons. The van der Waals surface area contributed by atoms with E-state index in [2.05, 4.69) is 5.32 Å². The molecule has 1 N–H and O–H groups in total. The van der Waals surface area contributed by atoms with Gasteiger partial charge in [0, 0.05) is 32.8 Å². The van der Waals surface area contributed by atoms with E-state index in [-0.39, 0.29) is 11.8 Å². The van der Waals surface area contributed by atoms with Gasteiger partial charge in [-0.15, -0.1) is 0 Å². The Morgan fingerprint density at radius 1 is 1.44 bits per heavy atom. The molecule has 2 aliphatic heterocycles. The summed E-state index contributed by atoms with van der Waals surface area (Å²) in [6, 6.07) is 0.201. The van der Waals surface area contributed by atoms with Gasteiger partial charge in [-0.25, -0.2) is 8.42 Å². The molecular formula is C10H20N2O3S. The molecule has 0 spiro atoms. The molecule has 0 aromatic carbocycles. The summed E-state index contributed by atoms with van der Waals surface area (Å²) in [5.74, 6) is 0.738. The number of fused-ring (bicyclic) bond motifs is 1. The summed E-state index contributed by atoms with van der Waals surface area (Å²) < 4.78 is 30.8. The zero-order chi connectivity index (χ0) is 11.6. The zero-order valence-corrected chi connectivity index (χ0v) is 10.5. The van der Waals surface area contributed by atoms with Crippen molar-refractivity contribution in [1.82, 2.24) is 9.62 Å². The van der Waals surface area contributed by atoms with Crippen LogP contribution in [0.1, 0.15) is 12.8 Å². The van der Waals surface area contributed by atoms with Gasteiger partial charge in [0.25, 0.3) is 0 Å². The third-order valence-electron chi connectivity index (χ3n) is 3.50. The van der Waals surface area contributed by atoms with Gasteiger partial charge in [-0.05, 0) is 25.3 Å². The van der Waals surface area contributed by atoms with Crippen molar-refractivity contribution >= 4 is 10.0 Å². The van der Waals surface area contributed by atoms with Gasteiger partial charge in [0.05, 0.1) is 5.75 Å². The normalized spacial score (nSPS) is 30.8. The van der Waals surface area contributed by atoms with Crippen LogP contribution < -0.4 is 5.32 Å². The van der Waals surface area contributed by atoms with Gasteiger partial charge >= 0.3 is 0 Å². The summed E-state index contributed by atoms with van der Waals surface area (Å²) in [7, 11) is -1.48. The van der Waals surface area contributed by atoms with E-state index in [4.69, 9.17) is 4.74 Å². The van der Waals surface area contributed by atoms with Crippen molar-refractivity contribution in [2.45, 2.75) is 18.9 Å². The van der Waals surface area contributed by atoms with E-state index in [1.54, 1.807) is 11.4 Å². The van der Waals surface area contributed by atoms with Crippen LogP contribution in [0, 0.1) is 5.92 Å². The standard InChI is InChI=1S/C10H20N2O3S/c1-15-5-2-6-16(13,14)12-4-3-9-7-11-8-10(9)12/h9-11H,2-8H2,1H3/t9-,10+/m0/s1. The SMILES string of the molecule is COCCCS(=O)(=O)N1CC[C@H]2CNC[C@H]21. The molecular weight excluding hydrogens is 228 g/mol. The minimum atomic E-state index is -3.07. The lowest BCUT2D eigenvalue weighted by molar-refractivity contribution is 0.199. The average Bonchev–Trinajstić information content (AvgIpc) is 2.77. The first-order chi connectivity index (χ1) is 7.65. The van der Waals surface area contributed by atoms with Crippen LogP contribution in [0.3, 0.4) is 0 Å². The molecule has 0 unspecified atom stereocenters. The Kier molecular flexibility index (Phi) is 3.84. The fourth-order valence-corrected chi connectivity index (χ4v) is 4.42. The van der Waals surface area contributed by atoms with Gasteiger partial charge in [0.15, 0.2) is 0 Å². The van der Waals surface area contributed by atoms with Crippen molar-refractivity contribution in [3.63, 3.8) is 0 Å². The van der Waals surface area contributed by atoms with Crippen LogP contribution in [0.4, 0.5) is 0 Å². The van der Waals surface area contributed by atoms with Gasteiger partial charge in [0.2, 0.25) is 10.0 Å². The molecule has 16 heavy (non-hydrogen) atoms. The summed E-state index contributed by atoms with van der Waals surface area (Å²) in [6.45, 7) is 2.99. The van der Waals surface area contributed by atoms with Crippen LogP contribution in [0.2, 0.25) is 0 Å². The number of ether oxygens (including phenoxy) is 1. The number of sulfonamides is 1. The number of nitrogens with one attached hydrogen (secondary N) is 1. The Bertz CT molecular complexity index is 331. The van der Waals surface area contributed by atoms with Gasteiger partial charge < -0.3 is 10.1 Å². The van der Waals surface area contributed by atoms with E-state index in [0.717, 1.165) is 19.5 Å². The second-order valence-electron chi connectivity index (χ2n) is 4.55. The van der Waals surface area contributed by atoms with Crippen molar-refractivity contribution in [2.24, 2.45) is 5.92 Å². The highest BCUT2D eigenvalue weighted by Gasteiger charge is 2.42. The minimum Gasteiger partial charge on any atom is -0.385 e. The fourth-order valence-electron chi connectivity index (χ4n) is 2.66. The number of hydrogen-bond acceptors (Lipinski definition) is 4. The maximum atomic E-state index is 12.1. The Balaban J connectivity index is 1.95. The maximum absolute atomic E-state index is 12.1. The molecule has 0 amide bonds. The molecule has 2 rings (SSSR count). The molecule has 2 heterocycles. The number of hydrogen-bond donors (Lipinski definition) is 1. The van der Waals surface area contributed by atoms with E-state index >= 15 is 0 Å². The molecule has 94 valence electrons. The topological polar surface area (TPSA) is 58.6 Å². The summed E-state index contributed by atoms with van der Waals surface area (Å²) >= 11 is 0. The highest BCUT2D eigenvalue weighted by Crippen LogP contribution is 2.29. The summed E-state index contributed by atoms with van der Waals surface area (Å²) in [5, 5.41) is 3.26. The molecule has 2 aliphatic rings. The molecule has 0 bridgehead atoms. The van der Waals surface area contributed by atoms with Crippen molar-refractivity contribution in [2.75, 3.05) is 39.1 Å². The Morgan fingerprint density at radius 2 is 2.25 bits per heavy atom. The summed E-state index contributed by atoms with van der Waals surface area (Å²) in [4.78, 5) is 0. The quantitative estimate of drug-likeness (QED) is 0.676. The number of rotatable bonds is 5. The first kappa shape index (κ1) is 12.3. The Labute approximate surface area is 97.2 Å². The molecule has 2 saturated heterocycles. The Hall–Kier alpha value is -0.170. The smallest absolute Gasteiger partial charge is 0.214 e. The monoisotopic (exact) mass is 248 g/mol. The van der Waals surface area contributed by atoms with Crippen LogP contribution in [0.25, 0.3) is 0 Å². The molecule has 0 aromatic rings. The molecule has 0 aromatic heterocycles. The lowest BCUT2D eigenvalue weighted by Crippen LogP contribution is -2.40. The lowest BCUT2D eigenvalue weighted by atomic mass is 10.1. The second kappa shape index (κ2) is 5.00. The predicted molar refractivity (Wildman–Crippen MR) is 61.8 cm³/mol. The van der Waals surface area contributed by atoms with Crippen molar-refractivity contribution in [3.8, 4) is 0 Å². The minimum absolute atomic E-state index is 0.201. The van der Waals surface area contributed by atoms with Crippen LogP contribution in [-0.2, 0) is 14.8 Å². The highest BCUT2D eigenvalue weighted by atomic mass is 32.2. The van der Waals surface area contributed by atoms with E-state index in [9.17, 15) is 8.42 Å². The van der Waals surface area contributed by atoms with E-state index in [0.29, 0.717) is 25.5 Å². The number of methoxy groups -OCH3 is 1. The molecule has 0 saturated carbocycles. The predicted octanol–water partition coefficient (Wildman–Crippen LogP) is -0.354. The van der Waals surface area contributed by atoms with Crippen molar-refractivity contribution < 1.29 is 13.2 Å². The van der Waals surface area contributed by atoms with Crippen LogP contribution in [0.5, 0.6) is 0 Å². The number of nitrogens with zero attached hydrogens (tertiary/aromatic N) is 1. The van der Waals surface area contributed by atoms with Crippen molar-refractivity contribution in [1.29, 1.82) is 0 Å².